The average molecular weight is 392 g/mol. The van der Waals surface area contributed by atoms with Gasteiger partial charge in [-0.2, -0.15) is 0 Å². The Bertz CT molecular complexity index is 934. The second kappa shape index (κ2) is 9.05. The number of rotatable bonds is 8. The summed E-state index contributed by atoms with van der Waals surface area (Å²) in [5, 5.41) is 0. The molecular formula is C24H28N2O3. The van der Waals surface area contributed by atoms with Crippen LogP contribution in [0.15, 0.2) is 54.2 Å². The standard InChI is InChI=1S/C24H28N2O3/c1-5-29-15-9-14-26-23(27)21(19-13-12-17(2)18(3)16-19)22(24(26)28)25(4)20-10-7-6-8-11-20/h6-8,10-13,16H,5,9,14-15H2,1-4H3. The molecule has 152 valence electrons. The van der Waals surface area contributed by atoms with Crippen LogP contribution in [0.25, 0.3) is 5.57 Å². The van der Waals surface area contributed by atoms with Gasteiger partial charge in [0, 0.05) is 32.5 Å². The number of nitrogens with zero attached hydrogens (tertiary/aromatic N) is 2. The molecule has 1 aliphatic heterocycles. The maximum Gasteiger partial charge on any atom is 0.278 e. The molecule has 0 saturated carbocycles. The zero-order chi connectivity index (χ0) is 21.0. The van der Waals surface area contributed by atoms with Gasteiger partial charge >= 0.3 is 0 Å². The highest BCUT2D eigenvalue weighted by Gasteiger charge is 2.40. The Balaban J connectivity index is 2.02. The van der Waals surface area contributed by atoms with Gasteiger partial charge in [-0.05, 0) is 56.0 Å². The summed E-state index contributed by atoms with van der Waals surface area (Å²) in [7, 11) is 1.83. The van der Waals surface area contributed by atoms with E-state index in [1.807, 2.05) is 81.2 Å². The van der Waals surface area contributed by atoms with Gasteiger partial charge in [-0.25, -0.2) is 0 Å². The second-order valence-corrected chi connectivity index (χ2v) is 7.23. The van der Waals surface area contributed by atoms with Gasteiger partial charge in [-0.15, -0.1) is 0 Å². The first-order valence-corrected chi connectivity index (χ1v) is 10.00. The number of likely N-dealkylation sites (N-methyl/N-ethyl adjacent to an activating group) is 1. The maximum absolute atomic E-state index is 13.3. The lowest BCUT2D eigenvalue weighted by Crippen LogP contribution is -2.35. The van der Waals surface area contributed by atoms with Gasteiger partial charge in [0.25, 0.3) is 11.8 Å². The Labute approximate surface area is 172 Å². The van der Waals surface area contributed by atoms with Gasteiger partial charge in [-0.3, -0.25) is 14.5 Å². The third-order valence-electron chi connectivity index (χ3n) is 5.29. The van der Waals surface area contributed by atoms with Gasteiger partial charge in [0.2, 0.25) is 0 Å². The largest absolute Gasteiger partial charge is 0.382 e. The van der Waals surface area contributed by atoms with Gasteiger partial charge in [0.05, 0.1) is 5.57 Å². The van der Waals surface area contributed by atoms with Crippen LogP contribution in [0.4, 0.5) is 5.69 Å². The van der Waals surface area contributed by atoms with E-state index in [0.29, 0.717) is 37.4 Å². The molecule has 0 atom stereocenters. The Morgan fingerprint density at radius 3 is 2.34 bits per heavy atom. The van der Waals surface area contributed by atoms with Crippen LogP contribution in [0.3, 0.4) is 0 Å². The summed E-state index contributed by atoms with van der Waals surface area (Å²) in [6.07, 6.45) is 0.619. The third-order valence-corrected chi connectivity index (χ3v) is 5.29. The van der Waals surface area contributed by atoms with Gasteiger partial charge < -0.3 is 9.64 Å². The van der Waals surface area contributed by atoms with E-state index in [0.717, 1.165) is 22.4 Å². The molecule has 3 rings (SSSR count). The monoisotopic (exact) mass is 392 g/mol. The molecule has 5 heteroatoms. The van der Waals surface area contributed by atoms with E-state index in [4.69, 9.17) is 4.74 Å². The van der Waals surface area contributed by atoms with Crippen LogP contribution in [0.1, 0.15) is 30.0 Å². The first-order valence-electron chi connectivity index (χ1n) is 10.00. The predicted molar refractivity (Wildman–Crippen MR) is 116 cm³/mol. The predicted octanol–water partition coefficient (Wildman–Crippen LogP) is 3.95. The highest BCUT2D eigenvalue weighted by molar-refractivity contribution is 6.36. The van der Waals surface area contributed by atoms with Gasteiger partial charge in [0.1, 0.15) is 5.70 Å². The molecule has 2 aromatic carbocycles. The maximum atomic E-state index is 13.3. The lowest BCUT2D eigenvalue weighted by Gasteiger charge is -2.21. The van der Waals surface area contributed by atoms with Crippen molar-refractivity contribution in [1.29, 1.82) is 0 Å². The van der Waals surface area contributed by atoms with Crippen molar-refractivity contribution in [3.63, 3.8) is 0 Å². The second-order valence-electron chi connectivity index (χ2n) is 7.23. The summed E-state index contributed by atoms with van der Waals surface area (Å²) in [4.78, 5) is 29.8. The molecule has 0 aromatic heterocycles. The van der Waals surface area contributed by atoms with Crippen LogP contribution in [0, 0.1) is 13.8 Å². The van der Waals surface area contributed by atoms with E-state index >= 15 is 0 Å². The van der Waals surface area contributed by atoms with E-state index in [1.165, 1.54) is 4.90 Å². The molecule has 1 aliphatic rings. The van der Waals surface area contributed by atoms with Crippen molar-refractivity contribution in [3.05, 3.63) is 70.9 Å². The molecule has 0 N–H and O–H groups in total. The van der Waals surface area contributed by atoms with Crippen LogP contribution in [-0.4, -0.2) is 43.5 Å². The molecule has 0 aliphatic carbocycles. The van der Waals surface area contributed by atoms with Crippen molar-refractivity contribution in [2.45, 2.75) is 27.2 Å². The molecule has 0 fully saturated rings. The topological polar surface area (TPSA) is 49.9 Å². The number of ether oxygens (including phenoxy) is 1. The zero-order valence-electron chi connectivity index (χ0n) is 17.6. The molecule has 2 amide bonds. The molecule has 0 saturated heterocycles. The van der Waals surface area contributed by atoms with Crippen molar-refractivity contribution in [3.8, 4) is 0 Å². The van der Waals surface area contributed by atoms with Crippen LogP contribution in [-0.2, 0) is 14.3 Å². The Kier molecular flexibility index (Phi) is 6.49. The van der Waals surface area contributed by atoms with Crippen molar-refractivity contribution in [2.75, 3.05) is 31.7 Å². The minimum atomic E-state index is -0.258. The van der Waals surface area contributed by atoms with E-state index < -0.39 is 0 Å². The Morgan fingerprint density at radius 2 is 1.69 bits per heavy atom. The van der Waals surface area contributed by atoms with Crippen molar-refractivity contribution < 1.29 is 14.3 Å². The Morgan fingerprint density at radius 1 is 0.966 bits per heavy atom. The number of benzene rings is 2. The SMILES string of the molecule is CCOCCCN1C(=O)C(c2ccc(C)c(C)c2)=C(N(C)c2ccccc2)C1=O. The van der Waals surface area contributed by atoms with E-state index in [1.54, 1.807) is 0 Å². The van der Waals surface area contributed by atoms with Crippen LogP contribution >= 0.6 is 0 Å². The number of hydrogen-bond donors (Lipinski definition) is 0. The number of hydrogen-bond acceptors (Lipinski definition) is 4. The van der Waals surface area contributed by atoms with Crippen molar-refractivity contribution in [2.24, 2.45) is 0 Å². The van der Waals surface area contributed by atoms with Crippen molar-refractivity contribution in [1.82, 2.24) is 4.90 Å². The summed E-state index contributed by atoms with van der Waals surface area (Å²) >= 11 is 0. The smallest absolute Gasteiger partial charge is 0.278 e. The number of carbonyl (C=O) groups is 2. The van der Waals surface area contributed by atoms with E-state index in [9.17, 15) is 9.59 Å². The first-order chi connectivity index (χ1) is 14.0. The van der Waals surface area contributed by atoms with E-state index in [2.05, 4.69) is 0 Å². The minimum absolute atomic E-state index is 0.243. The molecule has 2 aromatic rings. The number of amides is 2. The minimum Gasteiger partial charge on any atom is -0.382 e. The molecule has 0 radical (unpaired) electrons. The molecular weight excluding hydrogens is 364 g/mol. The highest BCUT2D eigenvalue weighted by Crippen LogP contribution is 2.34. The normalized spacial score (nSPS) is 14.1. The quantitative estimate of drug-likeness (QED) is 0.504. The summed E-state index contributed by atoms with van der Waals surface area (Å²) in [5.41, 5.74) is 4.75. The summed E-state index contributed by atoms with van der Waals surface area (Å²) in [5.74, 6) is -0.501. The van der Waals surface area contributed by atoms with Crippen molar-refractivity contribution >= 4 is 23.1 Å². The average Bonchev–Trinajstić information content (AvgIpc) is 2.97. The fourth-order valence-electron chi connectivity index (χ4n) is 3.48. The molecule has 1 heterocycles. The number of para-hydroxylation sites is 1. The zero-order valence-corrected chi connectivity index (χ0v) is 17.6. The lowest BCUT2D eigenvalue weighted by atomic mass is 9.99. The fourth-order valence-corrected chi connectivity index (χ4v) is 3.48. The Hall–Kier alpha value is -2.92. The molecule has 0 bridgehead atoms. The lowest BCUT2D eigenvalue weighted by molar-refractivity contribution is -0.137. The fraction of sp³-hybridized carbons (Fsp3) is 0.333. The van der Waals surface area contributed by atoms with Crippen LogP contribution in [0.5, 0.6) is 0 Å². The van der Waals surface area contributed by atoms with E-state index in [-0.39, 0.29) is 11.8 Å². The third kappa shape index (κ3) is 4.25. The summed E-state index contributed by atoms with van der Waals surface area (Å²) in [6.45, 7) is 7.47. The number of carbonyl (C=O) groups excluding carboxylic acids is 2. The number of imide groups is 1. The summed E-state index contributed by atoms with van der Waals surface area (Å²) < 4.78 is 5.37. The molecule has 29 heavy (non-hydrogen) atoms. The molecule has 0 spiro atoms. The van der Waals surface area contributed by atoms with Gasteiger partial charge in [-0.1, -0.05) is 36.4 Å². The van der Waals surface area contributed by atoms with Gasteiger partial charge in [0.15, 0.2) is 0 Å². The number of aryl methyl sites for hydroxylation is 2. The number of anilines is 1. The first kappa shape index (κ1) is 20.8. The molecule has 0 unspecified atom stereocenters. The van der Waals surface area contributed by atoms with Crippen LogP contribution < -0.4 is 4.90 Å². The summed E-state index contributed by atoms with van der Waals surface area (Å²) in [6, 6.07) is 15.5. The van der Waals surface area contributed by atoms with Crippen LogP contribution in [0.2, 0.25) is 0 Å². The molecule has 5 nitrogen and oxygen atoms in total. The highest BCUT2D eigenvalue weighted by atomic mass is 16.5.